The van der Waals surface area contributed by atoms with E-state index in [1.165, 1.54) is 28.8 Å². The molecule has 1 spiro atoms. The van der Waals surface area contributed by atoms with Crippen LogP contribution in [0.3, 0.4) is 0 Å². The summed E-state index contributed by atoms with van der Waals surface area (Å²) in [5.74, 6) is 6.92. The van der Waals surface area contributed by atoms with E-state index in [0.29, 0.717) is 42.7 Å². The summed E-state index contributed by atoms with van der Waals surface area (Å²) in [5.41, 5.74) is 4.76. The number of sulfonamides is 1. The number of aromatic nitrogens is 2. The lowest BCUT2D eigenvalue weighted by molar-refractivity contribution is -0.384. The molecule has 2 aromatic heterocycles. The highest BCUT2D eigenvalue weighted by Crippen LogP contribution is 2.54. The predicted molar refractivity (Wildman–Crippen MR) is 293 cm³/mol. The number of aliphatic hydroxyl groups is 1. The molecule has 0 radical (unpaired) electrons. The van der Waals surface area contributed by atoms with Gasteiger partial charge in [-0.05, 0) is 136 Å². The van der Waals surface area contributed by atoms with Crippen LogP contribution in [0.25, 0.3) is 11.0 Å². The number of H-pyrrole nitrogens is 1. The van der Waals surface area contributed by atoms with E-state index >= 15 is 0 Å². The van der Waals surface area contributed by atoms with Gasteiger partial charge in [0.05, 0.1) is 33.2 Å². The van der Waals surface area contributed by atoms with Crippen molar-refractivity contribution in [1.82, 2.24) is 24.5 Å². The highest BCUT2D eigenvalue weighted by molar-refractivity contribution is 7.90. The van der Waals surface area contributed by atoms with Gasteiger partial charge in [0.1, 0.15) is 22.8 Å². The molecule has 6 aromatic rings. The number of fused-ring (bicyclic) bond motifs is 1. The fourth-order valence-corrected chi connectivity index (χ4v) is 13.1. The first-order valence-electron chi connectivity index (χ1n) is 26.5. The van der Waals surface area contributed by atoms with Gasteiger partial charge in [-0.3, -0.25) is 24.7 Å². The van der Waals surface area contributed by atoms with Crippen molar-refractivity contribution in [2.24, 2.45) is 11.3 Å². The number of hydrogen-bond donors (Lipinski definition) is 4. The Morgan fingerprint density at radius 1 is 0.947 bits per heavy atom. The number of piperidine rings is 1. The molecule has 1 amide bonds. The van der Waals surface area contributed by atoms with Gasteiger partial charge in [-0.2, -0.15) is 0 Å². The van der Waals surface area contributed by atoms with Crippen LogP contribution in [-0.2, 0) is 10.0 Å². The van der Waals surface area contributed by atoms with Crippen molar-refractivity contribution in [2.45, 2.75) is 114 Å². The molecule has 2 atom stereocenters. The standard InChI is InChI=1S/C59H68N8O7S/c1-5-11-52(42-12-7-6-8-13-42)65-30-31-66(54(39-65)49-15-10-9-14-48(49)40(2)3)45-35-59(36-45)25-28-64(29-26-59)44-16-18-50(55(33-44)74-46-32-43-22-27-60-56(43)62-38-46)57(68)63-75(72,73)47-17-19-51(53(34-47)67(70)71)61-37-41-20-23-58(4,69)24-21-41/h6-10,12-19,22,27,32-34,38,40-41,45,52,54,61,69H,20-21,23-26,28-31,35-37,39H2,1-4H3,(H,60,62)(H,63,68). The lowest BCUT2D eigenvalue weighted by Crippen LogP contribution is -2.60. The highest BCUT2D eigenvalue weighted by Gasteiger charge is 2.50. The van der Waals surface area contributed by atoms with Gasteiger partial charge in [0, 0.05) is 80.8 Å². The largest absolute Gasteiger partial charge is 0.455 e. The zero-order valence-electron chi connectivity index (χ0n) is 43.3. The lowest BCUT2D eigenvalue weighted by atomic mass is 9.59. The summed E-state index contributed by atoms with van der Waals surface area (Å²) in [6.45, 7) is 13.2. The Kier molecular flexibility index (Phi) is 14.8. The maximum absolute atomic E-state index is 14.1. The smallest absolute Gasteiger partial charge is 0.293 e. The van der Waals surface area contributed by atoms with Crippen LogP contribution < -0.4 is 19.7 Å². The van der Waals surface area contributed by atoms with Crippen LogP contribution in [0, 0.1) is 33.3 Å². The molecule has 2 aliphatic heterocycles. The molecule has 0 bridgehead atoms. The number of aromatic amines is 1. The van der Waals surface area contributed by atoms with Gasteiger partial charge in [0.15, 0.2) is 0 Å². The van der Waals surface area contributed by atoms with Gasteiger partial charge < -0.3 is 25.0 Å². The summed E-state index contributed by atoms with van der Waals surface area (Å²) in [6, 6.07) is 32.8. The van der Waals surface area contributed by atoms with Gasteiger partial charge in [-0.15, -0.1) is 5.92 Å². The second-order valence-corrected chi connectivity index (χ2v) is 23.5. The molecule has 15 nitrogen and oxygen atoms in total. The summed E-state index contributed by atoms with van der Waals surface area (Å²) >= 11 is 0. The Morgan fingerprint density at radius 2 is 1.69 bits per heavy atom. The number of rotatable bonds is 15. The summed E-state index contributed by atoms with van der Waals surface area (Å²) in [4.78, 5) is 40.5. The average molecular weight is 1030 g/mol. The van der Waals surface area contributed by atoms with Crippen LogP contribution in [0.1, 0.15) is 124 Å². The molecule has 2 unspecified atom stereocenters. The number of nitrogens with zero attached hydrogens (tertiary/aromatic N) is 5. The van der Waals surface area contributed by atoms with Crippen LogP contribution in [0.15, 0.2) is 120 Å². The molecule has 2 saturated heterocycles. The normalized spacial score (nSPS) is 21.8. The minimum Gasteiger partial charge on any atom is -0.455 e. The number of hydrogen-bond acceptors (Lipinski definition) is 12. The first-order chi connectivity index (χ1) is 36.1. The number of ether oxygens (including phenoxy) is 1. The first-order valence-corrected chi connectivity index (χ1v) is 27.9. The summed E-state index contributed by atoms with van der Waals surface area (Å²) in [7, 11) is -4.59. The number of nitro groups is 1. The Hall–Kier alpha value is -6.77. The molecular formula is C59H68N8O7S. The first kappa shape index (κ1) is 51.7. The average Bonchev–Trinajstić information content (AvgIpc) is 3.88. The van der Waals surface area contributed by atoms with Gasteiger partial charge in [-0.25, -0.2) is 18.1 Å². The van der Waals surface area contributed by atoms with Crippen molar-refractivity contribution < 1.29 is 28.0 Å². The van der Waals surface area contributed by atoms with Crippen LogP contribution in [0.4, 0.5) is 17.1 Å². The van der Waals surface area contributed by atoms with E-state index in [1.54, 1.807) is 30.6 Å². The SMILES string of the molecule is CC#CC(c1ccccc1)N1CCN(C2CC3(CCN(c4ccc(C(=O)NS(=O)(=O)c5ccc(NCC6CCC(C)(O)CC6)c([N+](=O)[O-])c5)c(Oc5cnc6[nH]ccc6c5)c4)CC3)C2)C(c2ccccc2C(C)C)C1. The van der Waals surface area contributed by atoms with E-state index in [4.69, 9.17) is 4.74 Å². The maximum Gasteiger partial charge on any atom is 0.293 e. The molecule has 4 fully saturated rings. The van der Waals surface area contributed by atoms with Crippen molar-refractivity contribution in [3.8, 4) is 23.3 Å². The van der Waals surface area contributed by atoms with Gasteiger partial charge in [-0.1, -0.05) is 74.4 Å². The Morgan fingerprint density at radius 3 is 2.43 bits per heavy atom. The van der Waals surface area contributed by atoms with Crippen molar-refractivity contribution in [1.29, 1.82) is 0 Å². The van der Waals surface area contributed by atoms with E-state index in [1.807, 2.05) is 26.0 Å². The van der Waals surface area contributed by atoms with Crippen molar-refractivity contribution in [3.63, 3.8) is 0 Å². The van der Waals surface area contributed by atoms with Crippen LogP contribution in [0.5, 0.6) is 11.5 Å². The third-order valence-corrected chi connectivity index (χ3v) is 17.8. The molecule has 4 aliphatic rings. The Labute approximate surface area is 440 Å². The number of amides is 1. The molecule has 75 heavy (non-hydrogen) atoms. The summed E-state index contributed by atoms with van der Waals surface area (Å²) < 4.78 is 36.3. The molecule has 4 heterocycles. The van der Waals surface area contributed by atoms with Crippen molar-refractivity contribution in [3.05, 3.63) is 148 Å². The molecule has 2 aliphatic carbocycles. The molecule has 16 heteroatoms. The monoisotopic (exact) mass is 1030 g/mol. The number of pyridine rings is 1. The predicted octanol–water partition coefficient (Wildman–Crippen LogP) is 10.7. The Balaban J connectivity index is 0.842. The molecular weight excluding hydrogens is 965 g/mol. The topological polar surface area (TPSA) is 186 Å². The third kappa shape index (κ3) is 11.3. The number of benzene rings is 4. The summed E-state index contributed by atoms with van der Waals surface area (Å²) in [5, 5.41) is 26.5. The fraction of sp³-hybridized carbons (Fsp3) is 0.424. The molecule has 392 valence electrons. The van der Waals surface area contributed by atoms with E-state index in [-0.39, 0.29) is 40.4 Å². The number of nitrogens with one attached hydrogen (secondary N) is 3. The van der Waals surface area contributed by atoms with Crippen LogP contribution in [-0.4, -0.2) is 95.0 Å². The fourth-order valence-electron chi connectivity index (χ4n) is 12.1. The van der Waals surface area contributed by atoms with E-state index < -0.39 is 37.0 Å². The molecule has 4 aromatic carbocycles. The molecule has 10 rings (SSSR count). The minimum absolute atomic E-state index is 0.0295. The number of carbonyl (C=O) groups is 1. The number of piperazine rings is 1. The molecule has 2 saturated carbocycles. The second-order valence-electron chi connectivity index (χ2n) is 21.8. The van der Waals surface area contributed by atoms with E-state index in [9.17, 15) is 28.4 Å². The number of nitro benzene ring substituents is 1. The second kappa shape index (κ2) is 21.5. The van der Waals surface area contributed by atoms with E-state index in [0.717, 1.165) is 88.4 Å². The maximum atomic E-state index is 14.1. The number of anilines is 2. The van der Waals surface area contributed by atoms with Crippen LogP contribution in [0.2, 0.25) is 0 Å². The van der Waals surface area contributed by atoms with Gasteiger partial charge in [0.2, 0.25) is 0 Å². The third-order valence-electron chi connectivity index (χ3n) is 16.5. The lowest BCUT2D eigenvalue weighted by Gasteiger charge is -2.58. The minimum atomic E-state index is -4.59. The van der Waals surface area contributed by atoms with E-state index in [2.05, 4.69) is 115 Å². The van der Waals surface area contributed by atoms with Crippen molar-refractivity contribution >= 4 is 44.0 Å². The van der Waals surface area contributed by atoms with Gasteiger partial charge in [0.25, 0.3) is 21.6 Å². The van der Waals surface area contributed by atoms with Gasteiger partial charge >= 0.3 is 0 Å². The number of carbonyl (C=O) groups excluding carboxylic acids is 1. The summed E-state index contributed by atoms with van der Waals surface area (Å²) in [6.07, 6.45) is 10.4. The van der Waals surface area contributed by atoms with Crippen molar-refractivity contribution in [2.75, 3.05) is 49.5 Å². The molecule has 4 N–H and O–H groups in total. The zero-order chi connectivity index (χ0) is 52.5. The highest BCUT2D eigenvalue weighted by atomic mass is 32.2. The quantitative estimate of drug-likeness (QED) is 0.0434. The Bertz CT molecular complexity index is 3210. The van der Waals surface area contributed by atoms with Crippen LogP contribution >= 0.6 is 0 Å². The zero-order valence-corrected chi connectivity index (χ0v) is 44.1.